The predicted octanol–water partition coefficient (Wildman–Crippen LogP) is 2.56. The van der Waals surface area contributed by atoms with Crippen molar-refractivity contribution in [1.82, 2.24) is 58.5 Å². The average Bonchev–Trinajstić information content (AvgIpc) is 3.36. The molecule has 0 unspecified atom stereocenters. The van der Waals surface area contributed by atoms with Gasteiger partial charge in [0.25, 0.3) is 0 Å². The minimum absolute atomic E-state index is 0.0689. The van der Waals surface area contributed by atoms with E-state index < -0.39 is 140 Å². The van der Waals surface area contributed by atoms with Gasteiger partial charge in [-0.25, -0.2) is 4.79 Å². The molecule has 13 N–H and O–H groups in total. The van der Waals surface area contributed by atoms with Gasteiger partial charge in [0.1, 0.15) is 63.4 Å². The highest BCUT2D eigenvalue weighted by atomic mass is 16.5. The molecule has 25 nitrogen and oxygen atoms in total. The lowest BCUT2D eigenvalue weighted by Crippen LogP contribution is -2.66. The van der Waals surface area contributed by atoms with Crippen molar-refractivity contribution in [2.24, 2.45) is 41.2 Å². The molecule has 0 aromatic carbocycles. The Labute approximate surface area is 512 Å². The number of nitrogens with one attached hydrogen (secondary N) is 11. The molecule has 494 valence electrons. The van der Waals surface area contributed by atoms with Crippen LogP contribution in [0.4, 0.5) is 0 Å². The standard InChI is InChI=1S/C61H112N12O13/c1-32(2)26-38(62)44(74)68-56(13,14)50(80)63-39(27-33(3)4)45(75)69-57(15,16)51(81)64-40(28-34(5)6)46(76)70-58(17,18)52(82)65-41(29-35(7)8)47(77)71-59(19,20)53(83)66-42(30-36(9)10)48(78)72-60(21,22)54(84)67-43(31-37(11)12)49(79)73-61(23,24)55(85)86-25/h32-43H,26-31,62H2,1-25H3,(H,63,80)(H,64,81)(H,65,82)(H,66,83)(H,67,84)(H,68,74)(H,69,75)(H,70,76)(H,71,77)(H,72,78)(H,73,79)/t38-,39-,40-,41-,42-,43-/m0/s1. The molecule has 0 saturated carbocycles. The van der Waals surface area contributed by atoms with Crippen molar-refractivity contribution in [1.29, 1.82) is 0 Å². The molecule has 6 atom stereocenters. The van der Waals surface area contributed by atoms with Crippen LogP contribution in [0.3, 0.4) is 0 Å². The molecule has 0 radical (unpaired) electrons. The van der Waals surface area contributed by atoms with Gasteiger partial charge in [0.05, 0.1) is 13.2 Å². The molecule has 0 saturated heterocycles. The number of amides is 11. The number of esters is 1. The predicted molar refractivity (Wildman–Crippen MR) is 330 cm³/mol. The van der Waals surface area contributed by atoms with Crippen molar-refractivity contribution in [2.45, 2.75) is 274 Å². The Hall–Kier alpha value is -6.40. The van der Waals surface area contributed by atoms with E-state index in [1.807, 2.05) is 83.1 Å². The lowest BCUT2D eigenvalue weighted by atomic mass is 9.95. The van der Waals surface area contributed by atoms with E-state index in [1.165, 1.54) is 90.2 Å². The van der Waals surface area contributed by atoms with Gasteiger partial charge in [-0.2, -0.15) is 0 Å². The summed E-state index contributed by atoms with van der Waals surface area (Å²) < 4.78 is 4.80. The zero-order valence-electron chi connectivity index (χ0n) is 56.6. The van der Waals surface area contributed by atoms with Crippen LogP contribution in [0.15, 0.2) is 0 Å². The molecular weight excluding hydrogens is 1110 g/mol. The van der Waals surface area contributed by atoms with E-state index in [0.29, 0.717) is 6.42 Å². The van der Waals surface area contributed by atoms with Crippen LogP contribution < -0.4 is 64.2 Å². The summed E-state index contributed by atoms with van der Waals surface area (Å²) in [6, 6.07) is -6.77. The number of carbonyl (C=O) groups is 12. The monoisotopic (exact) mass is 1220 g/mol. The minimum atomic E-state index is -1.70. The van der Waals surface area contributed by atoms with Crippen molar-refractivity contribution >= 4 is 70.9 Å². The normalized spacial score (nSPS) is 14.7. The van der Waals surface area contributed by atoms with Crippen LogP contribution >= 0.6 is 0 Å². The highest BCUT2D eigenvalue weighted by Crippen LogP contribution is 2.19. The van der Waals surface area contributed by atoms with Gasteiger partial charge in [0, 0.05) is 0 Å². The summed E-state index contributed by atoms with van der Waals surface area (Å²) in [4.78, 5) is 165. The second-order valence-electron chi connectivity index (χ2n) is 28.7. The number of rotatable bonds is 35. The van der Waals surface area contributed by atoms with E-state index in [1.54, 1.807) is 0 Å². The number of methoxy groups -OCH3 is 1. The maximum atomic E-state index is 14.2. The maximum absolute atomic E-state index is 14.2. The third-order valence-corrected chi connectivity index (χ3v) is 13.9. The average molecular weight is 1220 g/mol. The molecule has 0 rings (SSSR count). The summed E-state index contributed by atoms with van der Waals surface area (Å²) in [5, 5.41) is 29.7. The van der Waals surface area contributed by atoms with Gasteiger partial charge in [-0.1, -0.05) is 83.1 Å². The first-order chi connectivity index (χ1) is 38.8. The SMILES string of the molecule is COC(=O)C(C)(C)NC(=O)[C@H](CC(C)C)NC(=O)C(C)(C)NC(=O)[C@H](CC(C)C)NC(=O)C(C)(C)NC(=O)[C@H](CC(C)C)NC(=O)C(C)(C)NC(=O)[C@H](CC(C)C)NC(=O)C(C)(C)NC(=O)[C@H](CC(C)C)NC(=O)C(C)(C)NC(=O)[C@@H](N)CC(C)C. The van der Waals surface area contributed by atoms with Crippen molar-refractivity contribution in [2.75, 3.05) is 7.11 Å². The van der Waals surface area contributed by atoms with E-state index in [2.05, 4.69) is 58.5 Å². The van der Waals surface area contributed by atoms with Crippen molar-refractivity contribution in [3.63, 3.8) is 0 Å². The number of carbonyl (C=O) groups excluding carboxylic acids is 12. The van der Waals surface area contributed by atoms with E-state index in [4.69, 9.17) is 10.5 Å². The van der Waals surface area contributed by atoms with Gasteiger partial charge in [0.2, 0.25) is 65.0 Å². The second-order valence-corrected chi connectivity index (χ2v) is 28.7. The van der Waals surface area contributed by atoms with E-state index in [-0.39, 0.29) is 67.6 Å². The van der Waals surface area contributed by atoms with E-state index in [9.17, 15) is 57.5 Å². The van der Waals surface area contributed by atoms with Crippen molar-refractivity contribution in [3.05, 3.63) is 0 Å². The second kappa shape index (κ2) is 33.1. The maximum Gasteiger partial charge on any atom is 0.330 e. The lowest BCUT2D eigenvalue weighted by molar-refractivity contribution is -0.149. The molecule has 0 aliphatic rings. The fourth-order valence-electron chi connectivity index (χ4n) is 8.79. The Morgan fingerprint density at radius 1 is 0.291 bits per heavy atom. The number of hydrogen-bond acceptors (Lipinski definition) is 14. The molecule has 11 amide bonds. The van der Waals surface area contributed by atoms with Crippen LogP contribution in [0, 0.1) is 35.5 Å². The van der Waals surface area contributed by atoms with Crippen LogP contribution in [0.25, 0.3) is 0 Å². The zero-order chi connectivity index (χ0) is 67.6. The Morgan fingerprint density at radius 3 is 0.616 bits per heavy atom. The number of ether oxygens (including phenoxy) is 1. The Bertz CT molecular complexity index is 2390. The topological polar surface area (TPSA) is 372 Å². The molecule has 0 aromatic rings. The van der Waals surface area contributed by atoms with Gasteiger partial charge in [-0.3, -0.25) is 52.7 Å². The third-order valence-electron chi connectivity index (χ3n) is 13.9. The lowest BCUT2D eigenvalue weighted by Gasteiger charge is -2.34. The molecule has 0 aromatic heterocycles. The van der Waals surface area contributed by atoms with Gasteiger partial charge in [-0.15, -0.1) is 0 Å². The van der Waals surface area contributed by atoms with Gasteiger partial charge in [0.15, 0.2) is 0 Å². The molecular formula is C61H112N12O13. The smallest absolute Gasteiger partial charge is 0.330 e. The van der Waals surface area contributed by atoms with Crippen LogP contribution in [0.2, 0.25) is 0 Å². The first-order valence-corrected chi connectivity index (χ1v) is 30.1. The molecule has 0 bridgehead atoms. The fraction of sp³-hybridized carbons (Fsp3) is 0.803. The van der Waals surface area contributed by atoms with E-state index in [0.717, 1.165) is 0 Å². The number of nitrogens with two attached hydrogens (primary N) is 1. The first kappa shape index (κ1) is 79.6. The van der Waals surface area contributed by atoms with Gasteiger partial charge < -0.3 is 69.0 Å². The summed E-state index contributed by atoms with van der Waals surface area (Å²) >= 11 is 0. The van der Waals surface area contributed by atoms with Crippen molar-refractivity contribution in [3.8, 4) is 0 Å². The van der Waals surface area contributed by atoms with Crippen molar-refractivity contribution < 1.29 is 62.3 Å². The van der Waals surface area contributed by atoms with Gasteiger partial charge >= 0.3 is 5.97 Å². The Balaban J connectivity index is 6.42. The molecule has 86 heavy (non-hydrogen) atoms. The fourth-order valence-corrected chi connectivity index (χ4v) is 8.79. The summed E-state index contributed by atoms with van der Waals surface area (Å²) in [6.07, 6.45) is 1.07. The Kier molecular flexibility index (Phi) is 30.6. The first-order valence-electron chi connectivity index (χ1n) is 30.1. The van der Waals surface area contributed by atoms with Gasteiger partial charge in [-0.05, 0) is 157 Å². The zero-order valence-corrected chi connectivity index (χ0v) is 56.6. The summed E-state index contributed by atoms with van der Waals surface area (Å²) in [7, 11) is 1.19. The Morgan fingerprint density at radius 2 is 0.453 bits per heavy atom. The van der Waals surface area contributed by atoms with E-state index >= 15 is 0 Å². The molecule has 0 aliphatic heterocycles. The van der Waals surface area contributed by atoms with Crippen LogP contribution in [0.1, 0.15) is 205 Å². The molecule has 0 heterocycles. The van der Waals surface area contributed by atoms with Crippen LogP contribution in [-0.4, -0.2) is 148 Å². The summed E-state index contributed by atoms with van der Waals surface area (Å²) in [5.41, 5.74) is -3.50. The van der Waals surface area contributed by atoms with Crippen LogP contribution in [-0.2, 0) is 62.3 Å². The minimum Gasteiger partial charge on any atom is -0.467 e. The number of hydrogen-bond donors (Lipinski definition) is 12. The highest BCUT2D eigenvalue weighted by Gasteiger charge is 2.43. The largest absolute Gasteiger partial charge is 0.467 e. The highest BCUT2D eigenvalue weighted by molar-refractivity contribution is 6.01. The van der Waals surface area contributed by atoms with Crippen LogP contribution in [0.5, 0.6) is 0 Å². The third kappa shape index (κ3) is 27.1. The molecule has 0 aliphatic carbocycles. The quantitative estimate of drug-likeness (QED) is 0.0406. The molecule has 0 spiro atoms. The summed E-state index contributed by atoms with van der Waals surface area (Å²) in [5.74, 6) is -8.99. The summed E-state index contributed by atoms with van der Waals surface area (Å²) in [6.45, 7) is 39.4. The molecule has 0 fully saturated rings. The molecule has 25 heteroatoms.